The molecule has 3 heterocycles. The van der Waals surface area contributed by atoms with Crippen LogP contribution in [-0.2, 0) is 20.7 Å². The molecule has 1 saturated carbocycles. The second-order valence-electron chi connectivity index (χ2n) is 10.1. The number of halogens is 2. The summed E-state index contributed by atoms with van der Waals surface area (Å²) in [5.41, 5.74) is 0.467. The standard InChI is InChI=1S/C26H30F2N4O7/c1-12-6-7-15(23(28)22(12)27)17-10-32(31-29-17)24-25(36)21(11-33)38-20(26(24)37-13(2)34)9-14-8-19(39-30-14)16-4-3-5-18(16)35/h6-8,10,16,18,20-21,24-26,33,35-36H,3-5,9,11H2,1-2H3/t16-,18-,20-,21-,24+,25+,26+/m1/s1. The Bertz CT molecular complexity index is 1330. The topological polar surface area (TPSA) is 153 Å². The molecule has 11 nitrogen and oxygen atoms in total. The van der Waals surface area contributed by atoms with Crippen molar-refractivity contribution in [3.8, 4) is 11.3 Å². The van der Waals surface area contributed by atoms with Crippen molar-refractivity contribution in [3.63, 3.8) is 0 Å². The molecule has 210 valence electrons. The van der Waals surface area contributed by atoms with Gasteiger partial charge in [0.25, 0.3) is 0 Å². The van der Waals surface area contributed by atoms with Gasteiger partial charge in [0.15, 0.2) is 17.7 Å². The van der Waals surface area contributed by atoms with E-state index in [1.54, 1.807) is 6.07 Å². The van der Waals surface area contributed by atoms with Crippen molar-refractivity contribution in [2.24, 2.45) is 0 Å². The Morgan fingerprint density at radius 1 is 1.21 bits per heavy atom. The predicted octanol–water partition coefficient (Wildman–Crippen LogP) is 1.98. The smallest absolute Gasteiger partial charge is 0.303 e. The first-order chi connectivity index (χ1) is 18.7. The number of carbonyl (C=O) groups excluding carboxylic acids is 1. The van der Waals surface area contributed by atoms with Crippen molar-refractivity contribution in [2.45, 2.75) is 82.0 Å². The van der Waals surface area contributed by atoms with Gasteiger partial charge in [0.1, 0.15) is 35.8 Å². The van der Waals surface area contributed by atoms with Gasteiger partial charge in [0.05, 0.1) is 24.6 Å². The van der Waals surface area contributed by atoms with Gasteiger partial charge >= 0.3 is 5.97 Å². The number of aliphatic hydroxyl groups excluding tert-OH is 3. The van der Waals surface area contributed by atoms with Crippen LogP contribution < -0.4 is 0 Å². The summed E-state index contributed by atoms with van der Waals surface area (Å²) in [7, 11) is 0. The van der Waals surface area contributed by atoms with Gasteiger partial charge in [0, 0.05) is 30.9 Å². The Balaban J connectivity index is 1.46. The van der Waals surface area contributed by atoms with Gasteiger partial charge in [-0.3, -0.25) is 4.79 Å². The minimum atomic E-state index is -1.40. The van der Waals surface area contributed by atoms with Crippen LogP contribution in [-0.4, -0.2) is 78.6 Å². The maximum absolute atomic E-state index is 14.6. The molecule has 1 aliphatic heterocycles. The van der Waals surface area contributed by atoms with Crippen LogP contribution in [0.4, 0.5) is 8.78 Å². The minimum Gasteiger partial charge on any atom is -0.457 e. The molecular formula is C26H30F2N4O7. The number of aliphatic hydroxyl groups is 3. The molecule has 2 aliphatic rings. The highest BCUT2D eigenvalue weighted by atomic mass is 19.2. The number of carbonyl (C=O) groups is 1. The SMILES string of the molecule is CC(=O)O[C@@H]1[C@@H](n2cc(-c3ccc(C)c(F)c3F)nn2)[C@@H](O)[C@@H](CO)O[C@@H]1Cc1cc([C@@H]2CCC[C@H]2O)on1. The Kier molecular flexibility index (Phi) is 7.76. The summed E-state index contributed by atoms with van der Waals surface area (Å²) in [6.45, 7) is 2.08. The molecule has 3 aromatic rings. The molecule has 0 unspecified atom stereocenters. The maximum Gasteiger partial charge on any atom is 0.303 e. The second kappa shape index (κ2) is 11.1. The summed E-state index contributed by atoms with van der Waals surface area (Å²) >= 11 is 0. The van der Waals surface area contributed by atoms with Crippen LogP contribution in [0.1, 0.15) is 55.2 Å². The number of aromatic nitrogens is 4. The molecule has 3 N–H and O–H groups in total. The molecule has 0 bridgehead atoms. The van der Waals surface area contributed by atoms with E-state index < -0.39 is 60.8 Å². The molecule has 0 amide bonds. The van der Waals surface area contributed by atoms with Crippen molar-refractivity contribution < 1.29 is 42.9 Å². The largest absolute Gasteiger partial charge is 0.457 e. The summed E-state index contributed by atoms with van der Waals surface area (Å²) in [4.78, 5) is 12.1. The first kappa shape index (κ1) is 27.3. The van der Waals surface area contributed by atoms with E-state index in [1.165, 1.54) is 36.9 Å². The number of aryl methyl sites for hydroxylation is 1. The van der Waals surface area contributed by atoms with Gasteiger partial charge in [-0.05, 0) is 31.4 Å². The fourth-order valence-electron chi connectivity index (χ4n) is 5.44. The molecule has 1 aliphatic carbocycles. The van der Waals surface area contributed by atoms with Crippen LogP contribution in [0.15, 0.2) is 28.9 Å². The van der Waals surface area contributed by atoms with E-state index in [2.05, 4.69) is 15.5 Å². The predicted molar refractivity (Wildman–Crippen MR) is 129 cm³/mol. The number of esters is 1. The van der Waals surface area contributed by atoms with Gasteiger partial charge in [0.2, 0.25) is 0 Å². The first-order valence-corrected chi connectivity index (χ1v) is 12.8. The van der Waals surface area contributed by atoms with Crippen molar-refractivity contribution >= 4 is 5.97 Å². The highest BCUT2D eigenvalue weighted by molar-refractivity contribution is 5.66. The summed E-state index contributed by atoms with van der Waals surface area (Å²) in [6, 6.07) is 3.40. The van der Waals surface area contributed by atoms with E-state index in [0.29, 0.717) is 17.9 Å². The molecule has 0 radical (unpaired) electrons. The molecule has 2 fully saturated rings. The summed E-state index contributed by atoms with van der Waals surface area (Å²) in [5, 5.41) is 43.3. The number of hydrogen-bond donors (Lipinski definition) is 3. The molecule has 5 rings (SSSR count). The molecule has 1 saturated heterocycles. The number of benzene rings is 1. The second-order valence-corrected chi connectivity index (χ2v) is 10.1. The Labute approximate surface area is 222 Å². The number of nitrogens with zero attached hydrogens (tertiary/aromatic N) is 4. The van der Waals surface area contributed by atoms with E-state index in [1.807, 2.05) is 0 Å². The quantitative estimate of drug-likeness (QED) is 0.374. The van der Waals surface area contributed by atoms with E-state index in [9.17, 15) is 28.9 Å². The highest BCUT2D eigenvalue weighted by Crippen LogP contribution is 2.37. The number of hydrogen-bond acceptors (Lipinski definition) is 10. The van der Waals surface area contributed by atoms with Gasteiger partial charge in [-0.25, -0.2) is 13.5 Å². The fourth-order valence-corrected chi connectivity index (χ4v) is 5.44. The van der Waals surface area contributed by atoms with Crippen LogP contribution in [0.25, 0.3) is 11.3 Å². The molecular weight excluding hydrogens is 518 g/mol. The average molecular weight is 549 g/mol. The van der Waals surface area contributed by atoms with E-state index in [0.717, 1.165) is 12.8 Å². The zero-order valence-electron chi connectivity index (χ0n) is 21.4. The van der Waals surface area contributed by atoms with E-state index in [4.69, 9.17) is 14.0 Å². The fraction of sp³-hybridized carbons (Fsp3) is 0.538. The zero-order chi connectivity index (χ0) is 27.8. The third kappa shape index (κ3) is 5.31. The molecule has 0 spiro atoms. The van der Waals surface area contributed by atoms with Gasteiger partial charge < -0.3 is 29.3 Å². The minimum absolute atomic E-state index is 0.0000274. The van der Waals surface area contributed by atoms with Crippen LogP contribution in [0.3, 0.4) is 0 Å². The van der Waals surface area contributed by atoms with Crippen molar-refractivity contribution in [2.75, 3.05) is 6.61 Å². The average Bonchev–Trinajstić information content (AvgIpc) is 3.65. The zero-order valence-corrected chi connectivity index (χ0v) is 21.4. The molecule has 39 heavy (non-hydrogen) atoms. The molecule has 13 heteroatoms. The van der Waals surface area contributed by atoms with Gasteiger partial charge in [-0.2, -0.15) is 0 Å². The third-order valence-corrected chi connectivity index (χ3v) is 7.46. The van der Waals surface area contributed by atoms with Crippen LogP contribution in [0, 0.1) is 18.6 Å². The van der Waals surface area contributed by atoms with Gasteiger partial charge in [-0.1, -0.05) is 22.9 Å². The Morgan fingerprint density at radius 2 is 2.00 bits per heavy atom. The van der Waals surface area contributed by atoms with E-state index >= 15 is 0 Å². The summed E-state index contributed by atoms with van der Waals surface area (Å²) < 4.78 is 47.0. The molecule has 1 aromatic carbocycles. The summed E-state index contributed by atoms with van der Waals surface area (Å²) in [5.74, 6) is -2.38. The maximum atomic E-state index is 14.6. The lowest BCUT2D eigenvalue weighted by Crippen LogP contribution is -2.57. The number of ether oxygens (including phenoxy) is 2. The van der Waals surface area contributed by atoms with Crippen molar-refractivity contribution in [1.82, 2.24) is 20.2 Å². The number of rotatable bonds is 7. The monoisotopic (exact) mass is 548 g/mol. The lowest BCUT2D eigenvalue weighted by Gasteiger charge is -2.43. The molecule has 7 atom stereocenters. The first-order valence-electron chi connectivity index (χ1n) is 12.8. The third-order valence-electron chi connectivity index (χ3n) is 7.46. The van der Waals surface area contributed by atoms with Crippen LogP contribution in [0.2, 0.25) is 0 Å². The lowest BCUT2D eigenvalue weighted by atomic mass is 9.90. The normalized spacial score (nSPS) is 29.1. The van der Waals surface area contributed by atoms with Crippen LogP contribution >= 0.6 is 0 Å². The highest BCUT2D eigenvalue weighted by Gasteiger charge is 2.49. The van der Waals surface area contributed by atoms with Crippen LogP contribution in [0.5, 0.6) is 0 Å². The summed E-state index contributed by atoms with van der Waals surface area (Å²) in [6.07, 6.45) is -1.30. The Hall–Kier alpha value is -3.26. The van der Waals surface area contributed by atoms with Gasteiger partial charge in [-0.15, -0.1) is 5.10 Å². The van der Waals surface area contributed by atoms with E-state index in [-0.39, 0.29) is 29.2 Å². The van der Waals surface area contributed by atoms with Crippen molar-refractivity contribution in [3.05, 3.63) is 53.0 Å². The lowest BCUT2D eigenvalue weighted by molar-refractivity contribution is -0.217. The molecule has 2 aromatic heterocycles. The Morgan fingerprint density at radius 3 is 2.69 bits per heavy atom. The van der Waals surface area contributed by atoms with Crippen molar-refractivity contribution in [1.29, 1.82) is 0 Å².